The summed E-state index contributed by atoms with van der Waals surface area (Å²) in [6.45, 7) is 13.3. The molecule has 0 heteroatoms. The molecule has 0 bridgehead atoms. The molecule has 0 aromatic carbocycles. The topological polar surface area (TPSA) is 0 Å². The molecule has 0 aromatic rings. The Morgan fingerprint density at radius 3 is 2.21 bits per heavy atom. The van der Waals surface area contributed by atoms with E-state index < -0.39 is 0 Å². The van der Waals surface area contributed by atoms with Crippen LogP contribution >= 0.6 is 0 Å². The van der Waals surface area contributed by atoms with Crippen molar-refractivity contribution in [1.82, 2.24) is 0 Å². The molecule has 0 spiro atoms. The van der Waals surface area contributed by atoms with E-state index in [0.717, 1.165) is 5.92 Å². The van der Waals surface area contributed by atoms with Crippen LogP contribution in [0.1, 0.15) is 66.2 Å². The minimum absolute atomic E-state index is 0.665. The molecule has 1 unspecified atom stereocenters. The van der Waals surface area contributed by atoms with Gasteiger partial charge < -0.3 is 0 Å². The van der Waals surface area contributed by atoms with Crippen molar-refractivity contribution in [2.45, 2.75) is 66.2 Å². The summed E-state index contributed by atoms with van der Waals surface area (Å²) >= 11 is 0. The van der Waals surface area contributed by atoms with Gasteiger partial charge in [-0.05, 0) is 24.7 Å². The van der Waals surface area contributed by atoms with Crippen LogP contribution in [0, 0.1) is 11.8 Å². The first-order chi connectivity index (χ1) is 6.57. The van der Waals surface area contributed by atoms with Gasteiger partial charge in [0.25, 0.3) is 0 Å². The third kappa shape index (κ3) is 7.17. The molecule has 0 aliphatic rings. The zero-order valence-corrected chi connectivity index (χ0v) is 10.6. The van der Waals surface area contributed by atoms with E-state index in [4.69, 9.17) is 0 Å². The molecule has 0 aromatic heterocycles. The average molecular weight is 196 g/mol. The van der Waals surface area contributed by atoms with Gasteiger partial charge in [0, 0.05) is 0 Å². The van der Waals surface area contributed by atoms with Gasteiger partial charge in [-0.2, -0.15) is 0 Å². The summed E-state index contributed by atoms with van der Waals surface area (Å²) in [6, 6.07) is 0. The fourth-order valence-corrected chi connectivity index (χ4v) is 1.61. The SMILES string of the molecule is C=C(CCC(C)CCCCC)C(C)C. The lowest BCUT2D eigenvalue weighted by Gasteiger charge is -2.14. The summed E-state index contributed by atoms with van der Waals surface area (Å²) in [4.78, 5) is 0. The fraction of sp³-hybridized carbons (Fsp3) is 0.857. The second kappa shape index (κ2) is 8.08. The quantitative estimate of drug-likeness (QED) is 0.370. The van der Waals surface area contributed by atoms with E-state index in [-0.39, 0.29) is 0 Å². The molecule has 0 amide bonds. The normalized spacial score (nSPS) is 13.2. The molecule has 0 heterocycles. The number of hydrogen-bond donors (Lipinski definition) is 0. The van der Waals surface area contributed by atoms with Crippen LogP contribution in [0.3, 0.4) is 0 Å². The van der Waals surface area contributed by atoms with E-state index in [9.17, 15) is 0 Å². The van der Waals surface area contributed by atoms with Crippen LogP contribution in [0.5, 0.6) is 0 Å². The minimum Gasteiger partial charge on any atom is -0.0996 e. The average Bonchev–Trinajstić information content (AvgIpc) is 2.14. The van der Waals surface area contributed by atoms with Crippen molar-refractivity contribution in [2.75, 3.05) is 0 Å². The molecular formula is C14H28. The Morgan fingerprint density at radius 2 is 1.71 bits per heavy atom. The van der Waals surface area contributed by atoms with Crippen molar-refractivity contribution in [2.24, 2.45) is 11.8 Å². The Labute approximate surface area is 90.8 Å². The summed E-state index contributed by atoms with van der Waals surface area (Å²) in [5, 5.41) is 0. The van der Waals surface area contributed by atoms with Crippen LogP contribution in [0.4, 0.5) is 0 Å². The van der Waals surface area contributed by atoms with Crippen molar-refractivity contribution < 1.29 is 0 Å². The lowest BCUT2D eigenvalue weighted by molar-refractivity contribution is 0.456. The van der Waals surface area contributed by atoms with Gasteiger partial charge in [0.2, 0.25) is 0 Å². The summed E-state index contributed by atoms with van der Waals surface area (Å²) in [6.07, 6.45) is 8.11. The van der Waals surface area contributed by atoms with Crippen LogP contribution in [0.25, 0.3) is 0 Å². The van der Waals surface area contributed by atoms with Gasteiger partial charge in [-0.15, -0.1) is 0 Å². The molecule has 84 valence electrons. The summed E-state index contributed by atoms with van der Waals surface area (Å²) < 4.78 is 0. The predicted molar refractivity (Wildman–Crippen MR) is 66.5 cm³/mol. The van der Waals surface area contributed by atoms with E-state index in [1.54, 1.807) is 0 Å². The van der Waals surface area contributed by atoms with Gasteiger partial charge in [0.05, 0.1) is 0 Å². The number of rotatable bonds is 8. The molecule has 0 saturated carbocycles. The highest BCUT2D eigenvalue weighted by Gasteiger charge is 2.05. The maximum atomic E-state index is 4.12. The predicted octanol–water partition coefficient (Wildman–Crippen LogP) is 5.20. The number of hydrogen-bond acceptors (Lipinski definition) is 0. The van der Waals surface area contributed by atoms with Gasteiger partial charge in [-0.3, -0.25) is 0 Å². The molecular weight excluding hydrogens is 168 g/mol. The Bertz CT molecular complexity index is 144. The largest absolute Gasteiger partial charge is 0.0996 e. The first-order valence-electron chi connectivity index (χ1n) is 6.25. The molecule has 0 fully saturated rings. The van der Waals surface area contributed by atoms with Crippen molar-refractivity contribution in [3.63, 3.8) is 0 Å². The molecule has 0 aliphatic carbocycles. The highest BCUT2D eigenvalue weighted by atomic mass is 14.1. The molecule has 14 heavy (non-hydrogen) atoms. The third-order valence-electron chi connectivity index (χ3n) is 3.08. The van der Waals surface area contributed by atoms with E-state index in [1.807, 2.05) is 0 Å². The van der Waals surface area contributed by atoms with E-state index in [2.05, 4.69) is 34.3 Å². The summed E-state index contributed by atoms with van der Waals surface area (Å²) in [5.74, 6) is 1.55. The van der Waals surface area contributed by atoms with Gasteiger partial charge in [0.15, 0.2) is 0 Å². The summed E-state index contributed by atoms with van der Waals surface area (Å²) in [7, 11) is 0. The first-order valence-corrected chi connectivity index (χ1v) is 6.25. The van der Waals surface area contributed by atoms with Crippen LogP contribution in [0.15, 0.2) is 12.2 Å². The van der Waals surface area contributed by atoms with E-state index >= 15 is 0 Å². The third-order valence-corrected chi connectivity index (χ3v) is 3.08. The fourth-order valence-electron chi connectivity index (χ4n) is 1.61. The molecule has 0 radical (unpaired) electrons. The van der Waals surface area contributed by atoms with Crippen molar-refractivity contribution >= 4 is 0 Å². The second-order valence-corrected chi connectivity index (χ2v) is 4.95. The lowest BCUT2D eigenvalue weighted by atomic mass is 9.92. The van der Waals surface area contributed by atoms with Crippen LogP contribution in [-0.2, 0) is 0 Å². The monoisotopic (exact) mass is 196 g/mol. The number of allylic oxidation sites excluding steroid dienone is 1. The van der Waals surface area contributed by atoms with Crippen molar-refractivity contribution in [3.8, 4) is 0 Å². The molecule has 0 saturated heterocycles. The van der Waals surface area contributed by atoms with E-state index in [1.165, 1.54) is 44.1 Å². The Hall–Kier alpha value is -0.260. The van der Waals surface area contributed by atoms with Gasteiger partial charge >= 0.3 is 0 Å². The van der Waals surface area contributed by atoms with Gasteiger partial charge in [-0.25, -0.2) is 0 Å². The molecule has 0 aliphatic heterocycles. The van der Waals surface area contributed by atoms with Crippen molar-refractivity contribution in [1.29, 1.82) is 0 Å². The highest BCUT2D eigenvalue weighted by molar-refractivity contribution is 4.97. The van der Waals surface area contributed by atoms with Crippen LogP contribution < -0.4 is 0 Å². The molecule has 0 N–H and O–H groups in total. The Kier molecular flexibility index (Phi) is 7.93. The van der Waals surface area contributed by atoms with Gasteiger partial charge in [0.1, 0.15) is 0 Å². The molecule has 0 nitrogen and oxygen atoms in total. The minimum atomic E-state index is 0.665. The molecule has 0 rings (SSSR count). The first kappa shape index (κ1) is 13.7. The lowest BCUT2D eigenvalue weighted by Crippen LogP contribution is -1.99. The van der Waals surface area contributed by atoms with Crippen LogP contribution in [-0.4, -0.2) is 0 Å². The standard InChI is InChI=1S/C14H28/c1-6-7-8-9-13(4)10-11-14(5)12(2)3/h12-13H,5-11H2,1-4H3. The maximum absolute atomic E-state index is 4.12. The smallest absolute Gasteiger partial charge is 0.0263 e. The zero-order chi connectivity index (χ0) is 11.0. The summed E-state index contributed by atoms with van der Waals surface area (Å²) in [5.41, 5.74) is 1.42. The Balaban J connectivity index is 3.43. The van der Waals surface area contributed by atoms with Crippen LogP contribution in [0.2, 0.25) is 0 Å². The second-order valence-electron chi connectivity index (χ2n) is 4.95. The number of unbranched alkanes of at least 4 members (excludes halogenated alkanes) is 2. The zero-order valence-electron chi connectivity index (χ0n) is 10.6. The van der Waals surface area contributed by atoms with Crippen molar-refractivity contribution in [3.05, 3.63) is 12.2 Å². The van der Waals surface area contributed by atoms with E-state index in [0.29, 0.717) is 5.92 Å². The molecule has 1 atom stereocenters. The highest BCUT2D eigenvalue weighted by Crippen LogP contribution is 2.20. The van der Waals surface area contributed by atoms with Gasteiger partial charge in [-0.1, -0.05) is 65.5 Å². The Morgan fingerprint density at radius 1 is 1.07 bits per heavy atom. The maximum Gasteiger partial charge on any atom is -0.0263 e.